The summed E-state index contributed by atoms with van der Waals surface area (Å²) in [6.45, 7) is 8.57. The third-order valence-electron chi connectivity index (χ3n) is 1.92. The summed E-state index contributed by atoms with van der Waals surface area (Å²) in [6, 6.07) is 0. The van der Waals surface area contributed by atoms with Gasteiger partial charge in [-0.3, -0.25) is 4.79 Å². The van der Waals surface area contributed by atoms with Crippen molar-refractivity contribution in [3.63, 3.8) is 0 Å². The fourth-order valence-electron chi connectivity index (χ4n) is 0.805. The van der Waals surface area contributed by atoms with Crippen LogP contribution in [0.4, 0.5) is 4.79 Å². The summed E-state index contributed by atoms with van der Waals surface area (Å²) < 4.78 is 5.02. The molecule has 0 aliphatic rings. The number of nitrogens with one attached hydrogen (secondary N) is 1. The first-order valence-electron chi connectivity index (χ1n) is 4.82. The van der Waals surface area contributed by atoms with Gasteiger partial charge in [-0.15, -0.1) is 0 Å². The highest BCUT2D eigenvalue weighted by Gasteiger charge is 2.33. The lowest BCUT2D eigenvalue weighted by atomic mass is 10.0. The molecule has 0 saturated heterocycles. The number of carbonyl (C=O) groups is 2. The molecular weight excluding hydrogens is 218 g/mol. The molecule has 0 unspecified atom stereocenters. The number of amides is 1. The van der Waals surface area contributed by atoms with Gasteiger partial charge in [-0.2, -0.15) is 0 Å². The van der Waals surface area contributed by atoms with Crippen LogP contribution in [0.3, 0.4) is 0 Å². The van der Waals surface area contributed by atoms with Crippen LogP contribution in [0.25, 0.3) is 0 Å². The van der Waals surface area contributed by atoms with E-state index in [1.807, 2.05) is 0 Å². The summed E-state index contributed by atoms with van der Waals surface area (Å²) in [7, 11) is 0. The summed E-state index contributed by atoms with van der Waals surface area (Å²) in [5.74, 6) is 0. The molecule has 1 amide bonds. The predicted molar refractivity (Wildman–Crippen MR) is 58.9 cm³/mol. The molecule has 0 fully saturated rings. The van der Waals surface area contributed by atoms with Gasteiger partial charge >= 0.3 is 6.09 Å². The standard InChI is InChI=1S/C10H18ClNO3/c1-6-10(5,7(11)13)12-8(14)15-9(2,3)4/h6H2,1-5H3,(H,12,14)/t10-/m1/s1. The highest BCUT2D eigenvalue weighted by Crippen LogP contribution is 2.15. The van der Waals surface area contributed by atoms with Gasteiger partial charge in [0, 0.05) is 0 Å². The van der Waals surface area contributed by atoms with E-state index < -0.39 is 22.5 Å². The van der Waals surface area contributed by atoms with Crippen LogP contribution in [-0.2, 0) is 9.53 Å². The van der Waals surface area contributed by atoms with Crippen LogP contribution < -0.4 is 5.32 Å². The minimum Gasteiger partial charge on any atom is -0.444 e. The van der Waals surface area contributed by atoms with E-state index in [2.05, 4.69) is 5.32 Å². The maximum Gasteiger partial charge on any atom is 0.408 e. The lowest BCUT2D eigenvalue weighted by Gasteiger charge is -2.27. The molecule has 0 saturated carbocycles. The Hall–Kier alpha value is -0.770. The number of hydrogen-bond acceptors (Lipinski definition) is 3. The molecule has 0 aromatic rings. The molecule has 1 atom stereocenters. The van der Waals surface area contributed by atoms with Crippen LogP contribution in [0.2, 0.25) is 0 Å². The van der Waals surface area contributed by atoms with Crippen LogP contribution in [0.1, 0.15) is 41.0 Å². The van der Waals surface area contributed by atoms with Crippen molar-refractivity contribution in [3.8, 4) is 0 Å². The molecule has 15 heavy (non-hydrogen) atoms. The lowest BCUT2D eigenvalue weighted by Crippen LogP contribution is -2.51. The van der Waals surface area contributed by atoms with Gasteiger partial charge < -0.3 is 10.1 Å². The van der Waals surface area contributed by atoms with E-state index in [1.54, 1.807) is 34.6 Å². The average Bonchev–Trinajstić information content (AvgIpc) is 1.99. The SMILES string of the molecule is CC[C@@](C)(NC(=O)OC(C)(C)C)C(=O)Cl. The van der Waals surface area contributed by atoms with Crippen molar-refractivity contribution >= 4 is 22.9 Å². The number of ether oxygens (including phenoxy) is 1. The second-order valence-electron chi connectivity index (χ2n) is 4.59. The van der Waals surface area contributed by atoms with Gasteiger partial charge in [-0.1, -0.05) is 6.92 Å². The molecule has 0 aliphatic carbocycles. The molecule has 0 rings (SSSR count). The predicted octanol–water partition coefficient (Wildman–Crippen LogP) is 2.45. The van der Waals surface area contributed by atoms with Gasteiger partial charge in [0.25, 0.3) is 0 Å². The van der Waals surface area contributed by atoms with Crippen LogP contribution >= 0.6 is 11.6 Å². The molecule has 1 N–H and O–H groups in total. The maximum absolute atomic E-state index is 11.4. The average molecular weight is 236 g/mol. The molecule has 5 heteroatoms. The number of carbonyl (C=O) groups excluding carboxylic acids is 2. The Balaban J connectivity index is 4.45. The Morgan fingerprint density at radius 1 is 1.27 bits per heavy atom. The van der Waals surface area contributed by atoms with Crippen LogP contribution in [0.15, 0.2) is 0 Å². The quantitative estimate of drug-likeness (QED) is 0.765. The number of rotatable bonds is 3. The zero-order valence-corrected chi connectivity index (χ0v) is 10.6. The summed E-state index contributed by atoms with van der Waals surface area (Å²) in [4.78, 5) is 22.5. The normalized spacial score (nSPS) is 15.3. The first-order valence-corrected chi connectivity index (χ1v) is 5.19. The van der Waals surface area contributed by atoms with Crippen molar-refractivity contribution in [2.24, 2.45) is 0 Å². The number of alkyl carbamates (subject to hydrolysis) is 1. The van der Waals surface area contributed by atoms with Gasteiger partial charge in [-0.05, 0) is 45.7 Å². The van der Waals surface area contributed by atoms with E-state index in [0.717, 1.165) is 0 Å². The molecular formula is C10H18ClNO3. The highest BCUT2D eigenvalue weighted by molar-refractivity contribution is 6.65. The Morgan fingerprint density at radius 2 is 1.73 bits per heavy atom. The van der Waals surface area contributed by atoms with Gasteiger partial charge in [0.1, 0.15) is 11.1 Å². The van der Waals surface area contributed by atoms with Crippen LogP contribution in [-0.4, -0.2) is 22.5 Å². The van der Waals surface area contributed by atoms with Crippen LogP contribution in [0.5, 0.6) is 0 Å². The van der Waals surface area contributed by atoms with E-state index in [-0.39, 0.29) is 0 Å². The van der Waals surface area contributed by atoms with Crippen molar-refractivity contribution < 1.29 is 14.3 Å². The van der Waals surface area contributed by atoms with E-state index in [9.17, 15) is 9.59 Å². The van der Waals surface area contributed by atoms with Gasteiger partial charge in [0.15, 0.2) is 0 Å². The maximum atomic E-state index is 11.4. The zero-order chi connectivity index (χ0) is 12.3. The molecule has 0 bridgehead atoms. The minimum absolute atomic E-state index is 0.411. The highest BCUT2D eigenvalue weighted by atomic mass is 35.5. The Bertz CT molecular complexity index is 260. The molecule has 0 spiro atoms. The van der Waals surface area contributed by atoms with E-state index in [4.69, 9.17) is 16.3 Å². The van der Waals surface area contributed by atoms with Crippen molar-refractivity contribution in [1.82, 2.24) is 5.32 Å². The van der Waals surface area contributed by atoms with Gasteiger partial charge in [0.05, 0.1) is 0 Å². The third-order valence-corrected chi connectivity index (χ3v) is 2.33. The molecule has 88 valence electrons. The summed E-state index contributed by atoms with van der Waals surface area (Å²) in [5, 5.41) is 1.86. The second-order valence-corrected chi connectivity index (χ2v) is 4.93. The van der Waals surface area contributed by atoms with Crippen molar-refractivity contribution in [1.29, 1.82) is 0 Å². The Morgan fingerprint density at radius 3 is 2.00 bits per heavy atom. The van der Waals surface area contributed by atoms with E-state index >= 15 is 0 Å². The minimum atomic E-state index is -1.07. The zero-order valence-electron chi connectivity index (χ0n) is 9.81. The first-order chi connectivity index (χ1) is 6.60. The summed E-state index contributed by atoms with van der Waals surface area (Å²) in [5.41, 5.74) is -1.65. The van der Waals surface area contributed by atoms with Crippen molar-refractivity contribution in [2.75, 3.05) is 0 Å². The summed E-state index contributed by atoms with van der Waals surface area (Å²) >= 11 is 5.39. The third kappa shape index (κ3) is 5.02. The Kier molecular flexibility index (Phi) is 4.59. The lowest BCUT2D eigenvalue weighted by molar-refractivity contribution is -0.117. The second kappa shape index (κ2) is 4.84. The van der Waals surface area contributed by atoms with Gasteiger partial charge in [0.2, 0.25) is 5.24 Å². The molecule has 0 aliphatic heterocycles. The van der Waals surface area contributed by atoms with Crippen molar-refractivity contribution in [2.45, 2.75) is 52.2 Å². The van der Waals surface area contributed by atoms with E-state index in [0.29, 0.717) is 6.42 Å². The molecule has 4 nitrogen and oxygen atoms in total. The molecule has 0 aromatic heterocycles. The number of hydrogen-bond donors (Lipinski definition) is 1. The van der Waals surface area contributed by atoms with Crippen molar-refractivity contribution in [3.05, 3.63) is 0 Å². The fraction of sp³-hybridized carbons (Fsp3) is 0.800. The van der Waals surface area contributed by atoms with E-state index in [1.165, 1.54) is 0 Å². The number of halogens is 1. The molecule has 0 aromatic carbocycles. The monoisotopic (exact) mass is 235 g/mol. The largest absolute Gasteiger partial charge is 0.444 e. The Labute approximate surface area is 95.3 Å². The first kappa shape index (κ1) is 14.2. The summed E-state index contributed by atoms with van der Waals surface area (Å²) in [6.07, 6.45) is -0.227. The smallest absolute Gasteiger partial charge is 0.408 e. The molecule has 0 heterocycles. The molecule has 0 radical (unpaired) electrons. The van der Waals surface area contributed by atoms with Crippen LogP contribution in [0, 0.1) is 0 Å². The fourth-order valence-corrected chi connectivity index (χ4v) is 0.986. The van der Waals surface area contributed by atoms with Gasteiger partial charge in [-0.25, -0.2) is 4.79 Å². The topological polar surface area (TPSA) is 55.4 Å².